The maximum absolute atomic E-state index is 8.70. The molecule has 0 spiro atoms. The topological polar surface area (TPSA) is 35.8 Å². The van der Waals surface area contributed by atoms with E-state index in [9.17, 15) is 0 Å². The zero-order valence-electron chi connectivity index (χ0n) is 12.1. The van der Waals surface area contributed by atoms with E-state index in [0.29, 0.717) is 6.42 Å². The molecule has 20 heavy (non-hydrogen) atoms. The van der Waals surface area contributed by atoms with Gasteiger partial charge in [0.2, 0.25) is 0 Å². The molecule has 2 heteroatoms. The number of hydrogen-bond acceptors (Lipinski definition) is 2. The molecule has 1 N–H and O–H groups in total. The predicted molar refractivity (Wildman–Crippen MR) is 82.1 cm³/mol. The molecule has 0 aliphatic heterocycles. The first kappa shape index (κ1) is 14.3. The van der Waals surface area contributed by atoms with E-state index in [1.165, 1.54) is 11.1 Å². The van der Waals surface area contributed by atoms with Crippen LogP contribution in [0.2, 0.25) is 0 Å². The Hall–Kier alpha value is -2.11. The lowest BCUT2D eigenvalue weighted by Gasteiger charge is -2.27. The lowest BCUT2D eigenvalue weighted by molar-refractivity contribution is 0.401. The maximum Gasteiger partial charge on any atom is 0.0669 e. The summed E-state index contributed by atoms with van der Waals surface area (Å²) in [4.78, 5) is 0. The fourth-order valence-electron chi connectivity index (χ4n) is 2.15. The zero-order chi connectivity index (χ0) is 14.4. The molecule has 0 saturated heterocycles. The SMILES string of the molecule is CC(C)(NCc1ccccc1)c1ccc(CC#N)cc1. The van der Waals surface area contributed by atoms with Gasteiger partial charge in [-0.05, 0) is 30.5 Å². The third-order valence-corrected chi connectivity index (χ3v) is 3.54. The van der Waals surface area contributed by atoms with Crippen molar-refractivity contribution in [3.05, 3.63) is 71.3 Å². The van der Waals surface area contributed by atoms with Crippen molar-refractivity contribution >= 4 is 0 Å². The van der Waals surface area contributed by atoms with Crippen LogP contribution in [0.1, 0.15) is 30.5 Å². The van der Waals surface area contributed by atoms with Gasteiger partial charge in [-0.2, -0.15) is 5.26 Å². The first-order chi connectivity index (χ1) is 9.62. The molecule has 0 heterocycles. The number of nitrogens with one attached hydrogen (secondary N) is 1. The summed E-state index contributed by atoms with van der Waals surface area (Å²) in [5.41, 5.74) is 3.48. The molecular weight excluding hydrogens is 244 g/mol. The number of hydrogen-bond donors (Lipinski definition) is 1. The largest absolute Gasteiger partial charge is 0.304 e. The third kappa shape index (κ3) is 3.69. The molecular formula is C18H20N2. The van der Waals surface area contributed by atoms with E-state index in [-0.39, 0.29) is 5.54 Å². The highest BCUT2D eigenvalue weighted by Crippen LogP contribution is 2.21. The second-order valence-corrected chi connectivity index (χ2v) is 5.50. The molecule has 0 radical (unpaired) electrons. The molecule has 102 valence electrons. The molecule has 2 rings (SSSR count). The van der Waals surface area contributed by atoms with Crippen LogP contribution in [-0.2, 0) is 18.5 Å². The normalized spacial score (nSPS) is 11.1. The van der Waals surface area contributed by atoms with Gasteiger partial charge in [-0.15, -0.1) is 0 Å². The van der Waals surface area contributed by atoms with Gasteiger partial charge in [0, 0.05) is 12.1 Å². The van der Waals surface area contributed by atoms with Crippen molar-refractivity contribution in [2.45, 2.75) is 32.4 Å². The van der Waals surface area contributed by atoms with E-state index in [0.717, 1.165) is 12.1 Å². The molecule has 0 amide bonds. The summed E-state index contributed by atoms with van der Waals surface area (Å²) in [6, 6.07) is 20.8. The Kier molecular flexibility index (Phi) is 4.55. The van der Waals surface area contributed by atoms with E-state index in [1.54, 1.807) is 0 Å². The highest BCUT2D eigenvalue weighted by Gasteiger charge is 2.19. The monoisotopic (exact) mass is 264 g/mol. The maximum atomic E-state index is 8.70. The summed E-state index contributed by atoms with van der Waals surface area (Å²) in [6.07, 6.45) is 0.470. The van der Waals surface area contributed by atoms with Gasteiger partial charge >= 0.3 is 0 Å². The van der Waals surface area contributed by atoms with Crippen LogP contribution in [0.4, 0.5) is 0 Å². The molecule has 0 fully saturated rings. The molecule has 0 aliphatic carbocycles. The van der Waals surface area contributed by atoms with E-state index >= 15 is 0 Å². The number of rotatable bonds is 5. The van der Waals surface area contributed by atoms with Crippen LogP contribution in [0.3, 0.4) is 0 Å². The Morgan fingerprint density at radius 2 is 1.60 bits per heavy atom. The first-order valence-corrected chi connectivity index (χ1v) is 6.87. The Morgan fingerprint density at radius 3 is 2.20 bits per heavy atom. The number of benzene rings is 2. The van der Waals surface area contributed by atoms with Crippen molar-refractivity contribution in [2.75, 3.05) is 0 Å². The van der Waals surface area contributed by atoms with Gasteiger partial charge < -0.3 is 5.32 Å². The van der Waals surface area contributed by atoms with E-state index in [4.69, 9.17) is 5.26 Å². The Morgan fingerprint density at radius 1 is 0.950 bits per heavy atom. The van der Waals surface area contributed by atoms with Crippen molar-refractivity contribution in [3.63, 3.8) is 0 Å². The van der Waals surface area contributed by atoms with Crippen LogP contribution >= 0.6 is 0 Å². The Balaban J connectivity index is 2.04. The molecule has 0 aromatic heterocycles. The molecule has 0 aliphatic rings. The minimum Gasteiger partial charge on any atom is -0.304 e. The van der Waals surface area contributed by atoms with Crippen LogP contribution in [0.25, 0.3) is 0 Å². The van der Waals surface area contributed by atoms with E-state index in [2.05, 4.69) is 61.6 Å². The van der Waals surface area contributed by atoms with Crippen molar-refractivity contribution in [2.24, 2.45) is 0 Å². The lowest BCUT2D eigenvalue weighted by atomic mass is 9.93. The second kappa shape index (κ2) is 6.36. The quantitative estimate of drug-likeness (QED) is 0.892. The fraction of sp³-hybridized carbons (Fsp3) is 0.278. The summed E-state index contributed by atoms with van der Waals surface area (Å²) >= 11 is 0. The fourth-order valence-corrected chi connectivity index (χ4v) is 2.15. The van der Waals surface area contributed by atoms with Gasteiger partial charge in [-0.1, -0.05) is 54.6 Å². The van der Waals surface area contributed by atoms with Crippen LogP contribution < -0.4 is 5.32 Å². The van der Waals surface area contributed by atoms with Crippen LogP contribution in [0.15, 0.2) is 54.6 Å². The van der Waals surface area contributed by atoms with Gasteiger partial charge in [-0.3, -0.25) is 0 Å². The second-order valence-electron chi connectivity index (χ2n) is 5.50. The molecule has 2 aromatic carbocycles. The van der Waals surface area contributed by atoms with Crippen molar-refractivity contribution in [1.29, 1.82) is 5.26 Å². The summed E-state index contributed by atoms with van der Waals surface area (Å²) in [7, 11) is 0. The molecule has 2 aromatic rings. The predicted octanol–water partition coefficient (Wildman–Crippen LogP) is 3.78. The molecule has 0 atom stereocenters. The number of nitrogens with zero attached hydrogens (tertiary/aromatic N) is 1. The molecule has 0 unspecified atom stereocenters. The van der Waals surface area contributed by atoms with Gasteiger partial charge in [-0.25, -0.2) is 0 Å². The highest BCUT2D eigenvalue weighted by molar-refractivity contribution is 5.29. The molecule has 0 bridgehead atoms. The smallest absolute Gasteiger partial charge is 0.0669 e. The summed E-state index contributed by atoms with van der Waals surface area (Å²) in [5.74, 6) is 0. The highest BCUT2D eigenvalue weighted by atomic mass is 14.9. The molecule has 2 nitrogen and oxygen atoms in total. The lowest BCUT2D eigenvalue weighted by Crippen LogP contribution is -2.35. The standard InChI is InChI=1S/C18H20N2/c1-18(2,20-14-16-6-4-3-5-7-16)17-10-8-15(9-11-17)12-13-19/h3-11,20H,12,14H2,1-2H3. The minimum atomic E-state index is -0.0962. The summed E-state index contributed by atoms with van der Waals surface area (Å²) in [6.45, 7) is 5.19. The van der Waals surface area contributed by atoms with Crippen LogP contribution in [0, 0.1) is 11.3 Å². The van der Waals surface area contributed by atoms with Crippen LogP contribution in [-0.4, -0.2) is 0 Å². The van der Waals surface area contributed by atoms with E-state index < -0.39 is 0 Å². The molecule has 0 saturated carbocycles. The third-order valence-electron chi connectivity index (χ3n) is 3.54. The van der Waals surface area contributed by atoms with Crippen molar-refractivity contribution in [3.8, 4) is 6.07 Å². The van der Waals surface area contributed by atoms with Gasteiger partial charge in [0.15, 0.2) is 0 Å². The average molecular weight is 264 g/mol. The Bertz CT molecular complexity index is 577. The van der Waals surface area contributed by atoms with Crippen molar-refractivity contribution in [1.82, 2.24) is 5.32 Å². The van der Waals surface area contributed by atoms with Gasteiger partial charge in [0.25, 0.3) is 0 Å². The average Bonchev–Trinajstić information content (AvgIpc) is 2.47. The van der Waals surface area contributed by atoms with E-state index in [1.807, 2.05) is 18.2 Å². The van der Waals surface area contributed by atoms with Gasteiger partial charge in [0.1, 0.15) is 0 Å². The van der Waals surface area contributed by atoms with Gasteiger partial charge in [0.05, 0.1) is 12.5 Å². The first-order valence-electron chi connectivity index (χ1n) is 6.87. The summed E-state index contributed by atoms with van der Waals surface area (Å²) < 4.78 is 0. The Labute approximate surface area is 121 Å². The van der Waals surface area contributed by atoms with Crippen molar-refractivity contribution < 1.29 is 0 Å². The minimum absolute atomic E-state index is 0.0962. The summed E-state index contributed by atoms with van der Waals surface area (Å²) in [5, 5.41) is 12.3. The van der Waals surface area contributed by atoms with Crippen LogP contribution in [0.5, 0.6) is 0 Å². The zero-order valence-corrected chi connectivity index (χ0v) is 12.1. The number of nitriles is 1.